The molecule has 2 aromatic rings. The van der Waals surface area contributed by atoms with Gasteiger partial charge >= 0.3 is 12.1 Å². The van der Waals surface area contributed by atoms with Gasteiger partial charge in [0.1, 0.15) is 0 Å². The van der Waals surface area contributed by atoms with Gasteiger partial charge in [-0.05, 0) is 35.7 Å². The molecular formula is C15H11F3N2O4S. The van der Waals surface area contributed by atoms with Gasteiger partial charge in [-0.1, -0.05) is 6.07 Å². The first-order valence-electron chi connectivity index (χ1n) is 6.74. The van der Waals surface area contributed by atoms with Crippen LogP contribution in [-0.4, -0.2) is 24.4 Å². The topological polar surface area (TPSA) is 84.5 Å². The molecule has 0 unspecified atom stereocenters. The van der Waals surface area contributed by atoms with E-state index in [9.17, 15) is 27.6 Å². The monoisotopic (exact) mass is 372 g/mol. The van der Waals surface area contributed by atoms with E-state index in [1.165, 1.54) is 11.3 Å². The third-order valence-corrected chi connectivity index (χ3v) is 3.71. The van der Waals surface area contributed by atoms with Crippen molar-refractivity contribution in [3.63, 3.8) is 0 Å². The lowest BCUT2D eigenvalue weighted by Gasteiger charge is -2.09. The smallest absolute Gasteiger partial charge is 0.416 e. The van der Waals surface area contributed by atoms with Gasteiger partial charge in [-0.3, -0.25) is 20.4 Å². The van der Waals surface area contributed by atoms with E-state index in [0.29, 0.717) is 4.88 Å². The number of benzene rings is 1. The SMILES string of the molecule is O=C(COC(=O)c1ccc(C(F)(F)F)cc1)NNC(=O)c1cccs1. The Morgan fingerprint density at radius 2 is 1.72 bits per heavy atom. The van der Waals surface area contributed by atoms with E-state index in [4.69, 9.17) is 0 Å². The summed E-state index contributed by atoms with van der Waals surface area (Å²) in [5.74, 6) is -2.30. The number of alkyl halides is 3. The first-order valence-corrected chi connectivity index (χ1v) is 7.62. The molecule has 6 nitrogen and oxygen atoms in total. The van der Waals surface area contributed by atoms with E-state index in [0.717, 1.165) is 24.3 Å². The van der Waals surface area contributed by atoms with Gasteiger partial charge in [0.25, 0.3) is 11.8 Å². The number of hydrazine groups is 1. The van der Waals surface area contributed by atoms with Crippen molar-refractivity contribution in [2.45, 2.75) is 6.18 Å². The number of ether oxygens (including phenoxy) is 1. The van der Waals surface area contributed by atoms with E-state index in [-0.39, 0.29) is 5.56 Å². The molecule has 2 N–H and O–H groups in total. The van der Waals surface area contributed by atoms with Gasteiger partial charge in [-0.2, -0.15) is 13.2 Å². The predicted molar refractivity (Wildman–Crippen MR) is 81.7 cm³/mol. The summed E-state index contributed by atoms with van der Waals surface area (Å²) >= 11 is 1.17. The zero-order valence-electron chi connectivity index (χ0n) is 12.4. The van der Waals surface area contributed by atoms with Crippen LogP contribution in [0, 0.1) is 0 Å². The molecule has 0 bridgehead atoms. The van der Waals surface area contributed by atoms with Gasteiger partial charge in [0.2, 0.25) is 0 Å². The number of esters is 1. The third kappa shape index (κ3) is 5.31. The number of halogens is 3. The highest BCUT2D eigenvalue weighted by Crippen LogP contribution is 2.29. The summed E-state index contributed by atoms with van der Waals surface area (Å²) in [5.41, 5.74) is 3.14. The van der Waals surface area contributed by atoms with Gasteiger partial charge in [0.15, 0.2) is 6.61 Å². The molecule has 0 radical (unpaired) electrons. The van der Waals surface area contributed by atoms with Gasteiger partial charge in [0, 0.05) is 0 Å². The lowest BCUT2D eigenvalue weighted by atomic mass is 10.1. The second-order valence-corrected chi connectivity index (χ2v) is 5.58. The highest BCUT2D eigenvalue weighted by atomic mass is 32.1. The Morgan fingerprint density at radius 3 is 2.28 bits per heavy atom. The number of carbonyl (C=O) groups excluding carboxylic acids is 3. The second-order valence-electron chi connectivity index (χ2n) is 4.63. The van der Waals surface area contributed by atoms with Crippen LogP contribution in [0.25, 0.3) is 0 Å². The van der Waals surface area contributed by atoms with Crippen LogP contribution < -0.4 is 10.9 Å². The fourth-order valence-electron chi connectivity index (χ4n) is 1.64. The summed E-state index contributed by atoms with van der Waals surface area (Å²) < 4.78 is 41.9. The fraction of sp³-hybridized carbons (Fsp3) is 0.133. The summed E-state index contributed by atoms with van der Waals surface area (Å²) in [6.07, 6.45) is -4.51. The minimum atomic E-state index is -4.51. The Labute approximate surface area is 143 Å². The number of hydrogen-bond donors (Lipinski definition) is 2. The lowest BCUT2D eigenvalue weighted by molar-refractivity contribution is -0.137. The Balaban J connectivity index is 1.79. The van der Waals surface area contributed by atoms with E-state index in [1.54, 1.807) is 17.5 Å². The number of hydrogen-bond acceptors (Lipinski definition) is 5. The molecule has 1 aromatic carbocycles. The molecule has 0 saturated carbocycles. The highest BCUT2D eigenvalue weighted by molar-refractivity contribution is 7.12. The van der Waals surface area contributed by atoms with Crippen molar-refractivity contribution in [1.29, 1.82) is 0 Å². The van der Waals surface area contributed by atoms with Crippen LogP contribution in [0.1, 0.15) is 25.6 Å². The van der Waals surface area contributed by atoms with E-state index < -0.39 is 36.1 Å². The maximum absolute atomic E-state index is 12.4. The van der Waals surface area contributed by atoms with Crippen LogP contribution in [0.3, 0.4) is 0 Å². The van der Waals surface area contributed by atoms with Crippen LogP contribution in [0.5, 0.6) is 0 Å². The van der Waals surface area contributed by atoms with Crippen molar-refractivity contribution in [3.8, 4) is 0 Å². The Hall–Kier alpha value is -2.88. The van der Waals surface area contributed by atoms with Crippen molar-refractivity contribution < 1.29 is 32.3 Å². The summed E-state index contributed by atoms with van der Waals surface area (Å²) in [6.45, 7) is -0.704. The standard InChI is InChI=1S/C15H11F3N2O4S/c16-15(17,18)10-5-3-9(4-6-10)14(23)24-8-12(21)19-20-13(22)11-2-1-7-25-11/h1-7H,8H2,(H,19,21)(H,20,22). The van der Waals surface area contributed by atoms with Gasteiger partial charge in [0.05, 0.1) is 16.0 Å². The summed E-state index contributed by atoms with van der Waals surface area (Å²) in [6, 6.07) is 6.57. The Morgan fingerprint density at radius 1 is 1.04 bits per heavy atom. The molecule has 2 rings (SSSR count). The average Bonchev–Trinajstić information content (AvgIpc) is 3.11. The highest BCUT2D eigenvalue weighted by Gasteiger charge is 2.30. The molecule has 0 aliphatic rings. The van der Waals surface area contributed by atoms with Crippen LogP contribution >= 0.6 is 11.3 Å². The molecule has 25 heavy (non-hydrogen) atoms. The minimum Gasteiger partial charge on any atom is -0.452 e. The van der Waals surface area contributed by atoms with Crippen LogP contribution in [0.15, 0.2) is 41.8 Å². The molecule has 0 aliphatic heterocycles. The van der Waals surface area contributed by atoms with Crippen molar-refractivity contribution in [1.82, 2.24) is 10.9 Å². The molecule has 1 heterocycles. The Kier molecular flexibility index (Phi) is 5.75. The Bertz CT molecular complexity index is 758. The second kappa shape index (κ2) is 7.79. The number of thiophene rings is 1. The zero-order chi connectivity index (χ0) is 18.4. The summed E-state index contributed by atoms with van der Waals surface area (Å²) in [7, 11) is 0. The van der Waals surface area contributed by atoms with Gasteiger partial charge < -0.3 is 4.74 Å². The molecule has 0 fully saturated rings. The summed E-state index contributed by atoms with van der Waals surface area (Å²) in [5, 5.41) is 1.68. The van der Waals surface area contributed by atoms with Crippen molar-refractivity contribution in [2.75, 3.05) is 6.61 Å². The number of amides is 2. The first-order chi connectivity index (χ1) is 11.8. The van der Waals surface area contributed by atoms with E-state index >= 15 is 0 Å². The van der Waals surface area contributed by atoms with Crippen molar-refractivity contribution in [2.24, 2.45) is 0 Å². The first kappa shape index (κ1) is 18.5. The van der Waals surface area contributed by atoms with Gasteiger partial charge in [-0.15, -0.1) is 11.3 Å². The average molecular weight is 372 g/mol. The maximum Gasteiger partial charge on any atom is 0.416 e. The normalized spacial score (nSPS) is 10.8. The molecule has 0 aliphatic carbocycles. The molecular weight excluding hydrogens is 361 g/mol. The fourth-order valence-corrected chi connectivity index (χ4v) is 2.26. The number of rotatable bonds is 4. The molecule has 0 saturated heterocycles. The molecule has 2 amide bonds. The van der Waals surface area contributed by atoms with Crippen molar-refractivity contribution >= 4 is 29.1 Å². The minimum absolute atomic E-state index is 0.136. The van der Waals surface area contributed by atoms with Crippen LogP contribution in [0.4, 0.5) is 13.2 Å². The zero-order valence-corrected chi connectivity index (χ0v) is 13.2. The molecule has 10 heteroatoms. The largest absolute Gasteiger partial charge is 0.452 e. The molecule has 0 atom stereocenters. The maximum atomic E-state index is 12.4. The molecule has 132 valence electrons. The van der Waals surface area contributed by atoms with Crippen molar-refractivity contribution in [3.05, 3.63) is 57.8 Å². The lowest BCUT2D eigenvalue weighted by Crippen LogP contribution is -2.43. The summed E-state index contributed by atoms with van der Waals surface area (Å²) in [4.78, 5) is 35.1. The quantitative estimate of drug-likeness (QED) is 0.638. The molecule has 0 spiro atoms. The third-order valence-electron chi connectivity index (χ3n) is 2.84. The number of carbonyl (C=O) groups is 3. The van der Waals surface area contributed by atoms with Crippen LogP contribution in [0.2, 0.25) is 0 Å². The predicted octanol–water partition coefficient (Wildman–Crippen LogP) is 2.38. The van der Waals surface area contributed by atoms with E-state index in [1.807, 2.05) is 5.43 Å². The van der Waals surface area contributed by atoms with Gasteiger partial charge in [-0.25, -0.2) is 4.79 Å². The van der Waals surface area contributed by atoms with E-state index in [2.05, 4.69) is 10.2 Å². The molecule has 1 aromatic heterocycles. The number of nitrogens with one attached hydrogen (secondary N) is 2. The van der Waals surface area contributed by atoms with Crippen LogP contribution in [-0.2, 0) is 15.7 Å².